The van der Waals surface area contributed by atoms with Crippen molar-refractivity contribution in [3.05, 3.63) is 59.8 Å². The molecule has 7 nitrogen and oxygen atoms in total. The first-order valence-electron chi connectivity index (χ1n) is 9.67. The van der Waals surface area contributed by atoms with Gasteiger partial charge in [0.25, 0.3) is 5.91 Å². The predicted molar refractivity (Wildman–Crippen MR) is 106 cm³/mol. The van der Waals surface area contributed by atoms with E-state index in [0.717, 1.165) is 18.4 Å². The van der Waals surface area contributed by atoms with Gasteiger partial charge in [0.05, 0.1) is 0 Å². The molecule has 1 aliphatic rings. The number of carbonyl (C=O) groups is 2. The molecule has 0 saturated heterocycles. The molecular formula is C21H26N4O3. The highest BCUT2D eigenvalue weighted by molar-refractivity contribution is 5.94. The third kappa shape index (κ3) is 6.26. The lowest BCUT2D eigenvalue weighted by atomic mass is 10.2. The molecule has 0 spiro atoms. The van der Waals surface area contributed by atoms with E-state index in [2.05, 4.69) is 20.9 Å². The molecule has 7 heteroatoms. The molecule has 0 unspecified atom stereocenters. The third-order valence-electron chi connectivity index (χ3n) is 4.57. The van der Waals surface area contributed by atoms with Crippen LogP contribution in [-0.4, -0.2) is 36.1 Å². The van der Waals surface area contributed by atoms with Crippen molar-refractivity contribution in [1.82, 2.24) is 20.9 Å². The molecular weight excluding hydrogens is 356 g/mol. The van der Waals surface area contributed by atoms with Gasteiger partial charge in [-0.2, -0.15) is 0 Å². The number of carbonyl (C=O) groups excluding carboxylic acids is 2. The number of pyridine rings is 1. The summed E-state index contributed by atoms with van der Waals surface area (Å²) in [5, 5.41) is 8.24. The van der Waals surface area contributed by atoms with Gasteiger partial charge in [-0.15, -0.1) is 0 Å². The van der Waals surface area contributed by atoms with E-state index >= 15 is 0 Å². The van der Waals surface area contributed by atoms with Gasteiger partial charge in [0, 0.05) is 37.5 Å². The molecule has 0 bridgehead atoms. The van der Waals surface area contributed by atoms with Gasteiger partial charge in [-0.1, -0.05) is 24.3 Å². The molecule has 0 radical (unpaired) electrons. The van der Waals surface area contributed by atoms with Crippen LogP contribution in [0.4, 0.5) is 4.79 Å². The summed E-state index contributed by atoms with van der Waals surface area (Å²) < 4.78 is 5.83. The lowest BCUT2D eigenvalue weighted by Gasteiger charge is -2.12. The Hall–Kier alpha value is -3.09. The Balaban J connectivity index is 1.30. The Bertz CT molecular complexity index is 759. The zero-order valence-corrected chi connectivity index (χ0v) is 15.8. The molecule has 0 aliphatic heterocycles. The van der Waals surface area contributed by atoms with Crippen molar-refractivity contribution in [3.8, 4) is 5.88 Å². The van der Waals surface area contributed by atoms with Crippen LogP contribution in [0.3, 0.4) is 0 Å². The summed E-state index contributed by atoms with van der Waals surface area (Å²) in [6.45, 7) is 1.08. The van der Waals surface area contributed by atoms with Crippen LogP contribution in [0.25, 0.3) is 0 Å². The number of hydrogen-bond donors (Lipinski definition) is 3. The van der Waals surface area contributed by atoms with Crippen LogP contribution in [0, 0.1) is 0 Å². The summed E-state index contributed by atoms with van der Waals surface area (Å²) in [5.41, 5.74) is 1.49. The zero-order valence-electron chi connectivity index (χ0n) is 15.8. The number of urea groups is 1. The normalized spacial score (nSPS) is 13.7. The second-order valence-corrected chi connectivity index (χ2v) is 6.76. The summed E-state index contributed by atoms with van der Waals surface area (Å²) in [6, 6.07) is 12.4. The number of nitrogens with one attached hydrogen (secondary N) is 3. The summed E-state index contributed by atoms with van der Waals surface area (Å²) in [6.07, 6.45) is 6.62. The fourth-order valence-electron chi connectivity index (χ4n) is 3.05. The average molecular weight is 382 g/mol. The van der Waals surface area contributed by atoms with Crippen LogP contribution in [0.15, 0.2) is 48.7 Å². The Morgan fingerprint density at radius 3 is 2.43 bits per heavy atom. The lowest BCUT2D eigenvalue weighted by molar-refractivity contribution is 0.0954. The second-order valence-electron chi connectivity index (χ2n) is 6.76. The largest absolute Gasteiger partial charge is 0.474 e. The van der Waals surface area contributed by atoms with Gasteiger partial charge in [-0.3, -0.25) is 4.79 Å². The maximum Gasteiger partial charge on any atom is 0.315 e. The molecule has 0 atom stereocenters. The van der Waals surface area contributed by atoms with Crippen molar-refractivity contribution >= 4 is 11.9 Å². The monoisotopic (exact) mass is 382 g/mol. The number of aromatic nitrogens is 1. The second kappa shape index (κ2) is 10.3. The lowest BCUT2D eigenvalue weighted by Crippen LogP contribution is -2.40. The minimum Gasteiger partial charge on any atom is -0.474 e. The Kier molecular flexibility index (Phi) is 7.23. The van der Waals surface area contributed by atoms with Crippen LogP contribution in [0.5, 0.6) is 5.88 Å². The summed E-state index contributed by atoms with van der Waals surface area (Å²) >= 11 is 0. The van der Waals surface area contributed by atoms with Crippen LogP contribution in [0.1, 0.15) is 41.6 Å². The number of rotatable bonds is 8. The zero-order chi connectivity index (χ0) is 19.6. The van der Waals surface area contributed by atoms with Crippen LogP contribution in [0.2, 0.25) is 0 Å². The number of benzene rings is 1. The van der Waals surface area contributed by atoms with E-state index in [-0.39, 0.29) is 18.0 Å². The first kappa shape index (κ1) is 19.7. The fraction of sp³-hybridized carbons (Fsp3) is 0.381. The van der Waals surface area contributed by atoms with Gasteiger partial charge >= 0.3 is 6.03 Å². The Morgan fingerprint density at radius 1 is 0.964 bits per heavy atom. The molecule has 28 heavy (non-hydrogen) atoms. The van der Waals surface area contributed by atoms with Crippen LogP contribution in [-0.2, 0) is 6.54 Å². The van der Waals surface area contributed by atoms with Crippen molar-refractivity contribution in [2.24, 2.45) is 0 Å². The summed E-state index contributed by atoms with van der Waals surface area (Å²) in [7, 11) is 0. The molecule has 1 heterocycles. The van der Waals surface area contributed by atoms with Crippen molar-refractivity contribution in [2.75, 3.05) is 13.1 Å². The molecule has 1 aromatic heterocycles. The van der Waals surface area contributed by atoms with Crippen molar-refractivity contribution in [1.29, 1.82) is 0 Å². The van der Waals surface area contributed by atoms with E-state index < -0.39 is 0 Å². The fourth-order valence-corrected chi connectivity index (χ4v) is 3.05. The molecule has 3 amide bonds. The highest BCUT2D eigenvalue weighted by atomic mass is 16.5. The van der Waals surface area contributed by atoms with E-state index in [0.29, 0.717) is 31.1 Å². The van der Waals surface area contributed by atoms with Crippen molar-refractivity contribution < 1.29 is 14.3 Å². The average Bonchev–Trinajstić information content (AvgIpc) is 3.24. The van der Waals surface area contributed by atoms with E-state index in [1.54, 1.807) is 18.3 Å². The van der Waals surface area contributed by atoms with Crippen LogP contribution >= 0.6 is 0 Å². The van der Waals surface area contributed by atoms with E-state index in [1.807, 2.05) is 30.3 Å². The van der Waals surface area contributed by atoms with Gasteiger partial charge in [0.15, 0.2) is 0 Å². The quantitative estimate of drug-likeness (QED) is 0.612. The van der Waals surface area contributed by atoms with Gasteiger partial charge < -0.3 is 20.7 Å². The predicted octanol–water partition coefficient (Wildman–Crippen LogP) is 2.63. The van der Waals surface area contributed by atoms with E-state index in [9.17, 15) is 9.59 Å². The third-order valence-corrected chi connectivity index (χ3v) is 4.57. The molecule has 1 fully saturated rings. The highest BCUT2D eigenvalue weighted by Crippen LogP contribution is 2.22. The Labute approximate surface area is 164 Å². The number of nitrogens with zero attached hydrogens (tertiary/aromatic N) is 1. The molecule has 3 N–H and O–H groups in total. The summed E-state index contributed by atoms with van der Waals surface area (Å²) in [5.74, 6) is 0.475. The van der Waals surface area contributed by atoms with Crippen LogP contribution < -0.4 is 20.7 Å². The minimum atomic E-state index is -0.291. The number of hydrogen-bond acceptors (Lipinski definition) is 4. The molecule has 2 aromatic rings. The molecule has 1 saturated carbocycles. The van der Waals surface area contributed by atoms with Crippen molar-refractivity contribution in [3.63, 3.8) is 0 Å². The Morgan fingerprint density at radius 2 is 1.71 bits per heavy atom. The number of ether oxygens (including phenoxy) is 1. The van der Waals surface area contributed by atoms with Gasteiger partial charge in [0.1, 0.15) is 6.10 Å². The van der Waals surface area contributed by atoms with E-state index in [4.69, 9.17) is 4.74 Å². The molecule has 1 aromatic carbocycles. The summed E-state index contributed by atoms with van der Waals surface area (Å²) in [4.78, 5) is 28.0. The van der Waals surface area contributed by atoms with Gasteiger partial charge in [-0.05, 0) is 43.4 Å². The highest BCUT2D eigenvalue weighted by Gasteiger charge is 2.16. The SMILES string of the molecule is O=C(NCCNC(=O)c1ccccc1)NCc1ccc(OC2CCCC2)nc1. The van der Waals surface area contributed by atoms with E-state index in [1.165, 1.54) is 12.8 Å². The number of amides is 3. The first-order valence-corrected chi connectivity index (χ1v) is 9.67. The van der Waals surface area contributed by atoms with Crippen molar-refractivity contribution in [2.45, 2.75) is 38.3 Å². The maximum atomic E-state index is 11.9. The first-order chi connectivity index (χ1) is 13.7. The van der Waals surface area contributed by atoms with Gasteiger partial charge in [0.2, 0.25) is 5.88 Å². The minimum absolute atomic E-state index is 0.159. The molecule has 1 aliphatic carbocycles. The maximum absolute atomic E-state index is 11.9. The molecule has 3 rings (SSSR count). The molecule has 148 valence electrons. The topological polar surface area (TPSA) is 92.4 Å². The van der Waals surface area contributed by atoms with Gasteiger partial charge in [-0.25, -0.2) is 9.78 Å². The standard InChI is InChI=1S/C21H26N4O3/c26-20(17-6-2-1-3-7-17)22-12-13-23-21(27)25-15-16-10-11-19(24-14-16)28-18-8-4-5-9-18/h1-3,6-7,10-11,14,18H,4-5,8-9,12-13,15H2,(H,22,26)(H2,23,25,27). The smallest absolute Gasteiger partial charge is 0.315 e.